The number of nitrogens with zero attached hydrogens (tertiary/aromatic N) is 5. The number of non-ortho nitro benzene ring substituents is 1. The molecule has 0 aliphatic carbocycles. The van der Waals surface area contributed by atoms with E-state index < -0.39 is 22.7 Å². The number of anilines is 1. The molecule has 0 radical (unpaired) electrons. The minimum absolute atomic E-state index is 0.0491. The summed E-state index contributed by atoms with van der Waals surface area (Å²) >= 11 is 6.18. The number of nitro benzene ring substituents is 1. The van der Waals surface area contributed by atoms with Crippen molar-refractivity contribution in [2.24, 2.45) is 10.2 Å². The summed E-state index contributed by atoms with van der Waals surface area (Å²) < 4.78 is 30.4. The van der Waals surface area contributed by atoms with Gasteiger partial charge in [-0.3, -0.25) is 14.9 Å². The largest absolute Gasteiger partial charge is 0.497 e. The number of nitro groups is 1. The number of likely N-dealkylation sites (tertiary alicyclic amines) is 1. The number of hydrogen-bond donors (Lipinski definition) is 1. The third kappa shape index (κ3) is 10.8. The van der Waals surface area contributed by atoms with Crippen molar-refractivity contribution in [3.05, 3.63) is 153 Å². The van der Waals surface area contributed by atoms with Crippen LogP contribution in [-0.2, 0) is 24.6 Å². The lowest BCUT2D eigenvalue weighted by Crippen LogP contribution is -2.43. The number of carbonyl (C=O) groups excluding carboxylic acids is 2. The van der Waals surface area contributed by atoms with Crippen molar-refractivity contribution < 1.29 is 38.2 Å². The van der Waals surface area contributed by atoms with Crippen molar-refractivity contribution in [2.45, 2.75) is 37.5 Å². The summed E-state index contributed by atoms with van der Waals surface area (Å²) in [6.45, 7) is 2.94. The van der Waals surface area contributed by atoms with Crippen molar-refractivity contribution in [1.82, 2.24) is 10.2 Å². The van der Waals surface area contributed by atoms with Crippen LogP contribution >= 0.6 is 11.6 Å². The van der Waals surface area contributed by atoms with Gasteiger partial charge in [0, 0.05) is 37.8 Å². The molecular formula is C46H49ClN6O9. The van der Waals surface area contributed by atoms with Gasteiger partial charge in [0.15, 0.2) is 6.73 Å². The maximum Gasteiger partial charge on any atom is 0.411 e. The number of azo groups is 1. The second-order valence-electron chi connectivity index (χ2n) is 14.3. The average molecular weight is 865 g/mol. The van der Waals surface area contributed by atoms with Crippen LogP contribution in [0.4, 0.5) is 27.5 Å². The molecule has 5 aromatic rings. The van der Waals surface area contributed by atoms with E-state index in [2.05, 4.69) is 15.5 Å². The number of ether oxygens (including phenoxy) is 5. The van der Waals surface area contributed by atoms with Crippen LogP contribution in [-0.4, -0.2) is 88.3 Å². The molecule has 1 unspecified atom stereocenters. The number of rotatable bonds is 19. The fourth-order valence-electron chi connectivity index (χ4n) is 7.21. The van der Waals surface area contributed by atoms with Gasteiger partial charge in [0.1, 0.15) is 22.8 Å². The van der Waals surface area contributed by atoms with Gasteiger partial charge in [0.25, 0.3) is 5.69 Å². The Kier molecular flexibility index (Phi) is 15.5. The number of methoxy groups -OCH3 is 2. The molecule has 1 heterocycles. The van der Waals surface area contributed by atoms with E-state index in [1.165, 1.54) is 18.2 Å². The number of nitrogens with one attached hydrogen (secondary N) is 1. The van der Waals surface area contributed by atoms with Crippen LogP contribution in [0.25, 0.3) is 0 Å². The fourth-order valence-corrected chi connectivity index (χ4v) is 7.42. The molecule has 324 valence electrons. The molecule has 15 nitrogen and oxygen atoms in total. The Hall–Kier alpha value is -6.55. The number of halogens is 1. The summed E-state index contributed by atoms with van der Waals surface area (Å²) in [5, 5.41) is 22.2. The van der Waals surface area contributed by atoms with E-state index in [-0.39, 0.29) is 55.6 Å². The standard InChI is InChI=1S/C46H49ClN6O9/c1-5-51(36-17-15-35(16-18-36)49-50-43-24-19-37(53(56)57)28-42(43)47)31-61-45(55)52-29-41(60-26-25-44(54)48-2)27-38(52)30-62-46(32-9-7-6-8-10-32,33-11-20-39(58-3)21-12-33)34-13-22-40(59-4)23-14-34/h6-24,28,38,41H,5,25-27,29-31H2,1-4H3,(H,48,54)/t38?,41-/m1/s1. The maximum atomic E-state index is 14.1. The topological polar surface area (TPSA) is 167 Å². The Morgan fingerprint density at radius 1 is 0.887 bits per heavy atom. The van der Waals surface area contributed by atoms with Gasteiger partial charge in [-0.15, -0.1) is 5.11 Å². The first-order valence-electron chi connectivity index (χ1n) is 20.0. The smallest absolute Gasteiger partial charge is 0.411 e. The van der Waals surface area contributed by atoms with Crippen LogP contribution in [0.3, 0.4) is 0 Å². The summed E-state index contributed by atoms with van der Waals surface area (Å²) in [7, 11) is 4.82. The molecule has 2 amide bonds. The first-order valence-corrected chi connectivity index (χ1v) is 20.4. The van der Waals surface area contributed by atoms with E-state index in [9.17, 15) is 19.7 Å². The van der Waals surface area contributed by atoms with E-state index in [1.807, 2.05) is 103 Å². The summed E-state index contributed by atoms with van der Waals surface area (Å²) in [5.41, 5.74) is 2.90. The summed E-state index contributed by atoms with van der Waals surface area (Å²) in [6.07, 6.45) is -0.295. The Morgan fingerprint density at radius 2 is 1.52 bits per heavy atom. The second kappa shape index (κ2) is 21.3. The minimum Gasteiger partial charge on any atom is -0.497 e. The van der Waals surface area contributed by atoms with E-state index in [1.54, 1.807) is 38.3 Å². The van der Waals surface area contributed by atoms with Gasteiger partial charge in [-0.25, -0.2) is 4.79 Å². The van der Waals surface area contributed by atoms with Crippen LogP contribution in [0.1, 0.15) is 36.5 Å². The van der Waals surface area contributed by atoms with Gasteiger partial charge < -0.3 is 38.8 Å². The summed E-state index contributed by atoms with van der Waals surface area (Å²) in [4.78, 5) is 40.2. The molecule has 2 atom stereocenters. The van der Waals surface area contributed by atoms with Gasteiger partial charge in [-0.2, -0.15) is 5.11 Å². The molecule has 1 aliphatic heterocycles. The fraction of sp³-hybridized carbons (Fsp3) is 0.304. The number of hydrogen-bond acceptors (Lipinski definition) is 12. The highest BCUT2D eigenvalue weighted by atomic mass is 35.5. The second-order valence-corrected chi connectivity index (χ2v) is 14.7. The molecule has 1 fully saturated rings. The molecule has 5 aromatic carbocycles. The maximum absolute atomic E-state index is 14.1. The van der Waals surface area contributed by atoms with Crippen molar-refractivity contribution in [3.8, 4) is 11.5 Å². The van der Waals surface area contributed by atoms with E-state index in [0.29, 0.717) is 35.8 Å². The summed E-state index contributed by atoms with van der Waals surface area (Å²) in [6, 6.07) is 36.1. The highest BCUT2D eigenvalue weighted by Gasteiger charge is 2.42. The van der Waals surface area contributed by atoms with Gasteiger partial charge in [-0.05, 0) is 84.6 Å². The Labute approximate surface area is 365 Å². The third-order valence-electron chi connectivity index (χ3n) is 10.6. The zero-order chi connectivity index (χ0) is 44.1. The van der Waals surface area contributed by atoms with Gasteiger partial charge >= 0.3 is 6.09 Å². The average Bonchev–Trinajstić information content (AvgIpc) is 3.72. The third-order valence-corrected chi connectivity index (χ3v) is 10.9. The molecule has 0 spiro atoms. The molecule has 1 N–H and O–H groups in total. The van der Waals surface area contributed by atoms with Crippen molar-refractivity contribution >= 4 is 46.4 Å². The van der Waals surface area contributed by atoms with E-state index >= 15 is 0 Å². The minimum atomic E-state index is -1.12. The molecule has 0 saturated carbocycles. The first-order chi connectivity index (χ1) is 30.1. The van der Waals surface area contributed by atoms with Crippen LogP contribution in [0.5, 0.6) is 11.5 Å². The Bertz CT molecular complexity index is 2250. The number of amides is 2. The van der Waals surface area contributed by atoms with Gasteiger partial charge in [-0.1, -0.05) is 66.2 Å². The van der Waals surface area contributed by atoms with Crippen LogP contribution in [0, 0.1) is 10.1 Å². The predicted octanol–water partition coefficient (Wildman–Crippen LogP) is 9.21. The molecule has 1 saturated heterocycles. The SMILES string of the molecule is CCN(COC(=O)N1C[C@H](OCCC(=O)NC)CC1COC(c1ccccc1)(c1ccc(OC)cc1)c1ccc(OC)cc1)c1ccc(N=Nc2ccc([N+](=O)[O-])cc2Cl)cc1. The Morgan fingerprint density at radius 3 is 2.08 bits per heavy atom. The molecule has 1 aliphatic rings. The normalized spacial score (nSPS) is 15.0. The van der Waals surface area contributed by atoms with E-state index in [4.69, 9.17) is 35.3 Å². The van der Waals surface area contributed by atoms with Crippen molar-refractivity contribution in [1.29, 1.82) is 0 Å². The van der Waals surface area contributed by atoms with Crippen LogP contribution in [0.15, 0.2) is 132 Å². The number of carbonyl (C=O) groups is 2. The first kappa shape index (κ1) is 45.0. The van der Waals surface area contributed by atoms with Crippen molar-refractivity contribution in [3.63, 3.8) is 0 Å². The monoisotopic (exact) mass is 864 g/mol. The van der Waals surface area contributed by atoms with Crippen molar-refractivity contribution in [2.75, 3.05) is 59.2 Å². The van der Waals surface area contributed by atoms with Gasteiger partial charge in [0.05, 0.1) is 61.8 Å². The molecule has 62 heavy (non-hydrogen) atoms. The number of benzene rings is 5. The zero-order valence-electron chi connectivity index (χ0n) is 34.9. The lowest BCUT2D eigenvalue weighted by molar-refractivity contribution is -0.384. The predicted molar refractivity (Wildman–Crippen MR) is 235 cm³/mol. The zero-order valence-corrected chi connectivity index (χ0v) is 35.7. The molecular weight excluding hydrogens is 816 g/mol. The molecule has 6 rings (SSSR count). The lowest BCUT2D eigenvalue weighted by Gasteiger charge is -2.38. The van der Waals surface area contributed by atoms with E-state index in [0.717, 1.165) is 22.4 Å². The quantitative estimate of drug-likeness (QED) is 0.0278. The summed E-state index contributed by atoms with van der Waals surface area (Å²) in [5.74, 6) is 1.24. The Balaban J connectivity index is 1.22. The highest BCUT2D eigenvalue weighted by Crippen LogP contribution is 2.42. The van der Waals surface area contributed by atoms with Gasteiger partial charge in [0.2, 0.25) is 5.91 Å². The molecule has 0 aromatic heterocycles. The molecule has 16 heteroatoms. The van der Waals surface area contributed by atoms with Crippen LogP contribution < -0.4 is 19.7 Å². The van der Waals surface area contributed by atoms with Crippen LogP contribution in [0.2, 0.25) is 5.02 Å². The molecule has 0 bridgehead atoms. The lowest BCUT2D eigenvalue weighted by atomic mass is 9.80. The highest BCUT2D eigenvalue weighted by molar-refractivity contribution is 6.33.